The van der Waals surface area contributed by atoms with Gasteiger partial charge in [0, 0.05) is 13.2 Å². The molecular formula is C45H70O6S. The van der Waals surface area contributed by atoms with Crippen LogP contribution in [0.1, 0.15) is 150 Å². The lowest BCUT2D eigenvalue weighted by Crippen LogP contribution is -2.51. The van der Waals surface area contributed by atoms with Gasteiger partial charge in [0.15, 0.2) is 22.4 Å². The molecule has 0 aromatic heterocycles. The second kappa shape index (κ2) is 16.1. The van der Waals surface area contributed by atoms with E-state index in [0.29, 0.717) is 46.5 Å². The molecule has 5 fully saturated rings. The van der Waals surface area contributed by atoms with Gasteiger partial charge in [-0.1, -0.05) is 63.5 Å². The van der Waals surface area contributed by atoms with E-state index in [1.54, 1.807) is 17.7 Å². The van der Waals surface area contributed by atoms with E-state index in [1.165, 1.54) is 51.4 Å². The monoisotopic (exact) mass is 738 g/mol. The maximum atomic E-state index is 14.1. The Kier molecular flexibility index (Phi) is 12.1. The smallest absolute Gasteiger partial charge is 0.181 e. The molecule has 0 N–H and O–H groups in total. The van der Waals surface area contributed by atoms with E-state index in [2.05, 4.69) is 26.8 Å². The third-order valence-corrected chi connectivity index (χ3v) is 17.5. The van der Waals surface area contributed by atoms with Crippen LogP contribution >= 0.6 is 0 Å². The Morgan fingerprint density at radius 3 is 2.31 bits per heavy atom. The molecule has 7 heteroatoms. The van der Waals surface area contributed by atoms with Crippen LogP contribution in [0.25, 0.3) is 0 Å². The summed E-state index contributed by atoms with van der Waals surface area (Å²) in [5.41, 5.74) is 1.80. The molecule has 1 aromatic carbocycles. The Hall–Kier alpha value is -1.25. The van der Waals surface area contributed by atoms with Crippen LogP contribution in [0.3, 0.4) is 0 Å². The molecule has 2 aliphatic heterocycles. The maximum absolute atomic E-state index is 14.1. The van der Waals surface area contributed by atoms with Gasteiger partial charge >= 0.3 is 0 Å². The standard InChI is InChI=1S/C45H70O6S/c1-32(14-13-17-36(52(46,47)35-15-7-6-8-16-35)31-43(2,3)51-42-19-10-12-29-49-42)38-22-23-39-37-21-20-33-30-34(50-41-18-9-11-28-48-41)24-26-44(33,4)40(37)25-27-45(38,39)5/h6-8,15-16,20,32,34,36-42H,9-14,17-19,21-31H2,1-5H3/t32-,34+,36?,37+,38-,39+,40+,41?,42?,44+,45-/m1/s1. The molecule has 11 atom stereocenters. The van der Waals surface area contributed by atoms with Gasteiger partial charge < -0.3 is 18.9 Å². The summed E-state index contributed by atoms with van der Waals surface area (Å²) in [7, 11) is -3.50. The fourth-order valence-corrected chi connectivity index (χ4v) is 14.6. The number of fused-ring (bicyclic) bond motifs is 5. The average molecular weight is 739 g/mol. The Morgan fingerprint density at radius 1 is 0.865 bits per heavy atom. The Balaban J connectivity index is 0.980. The van der Waals surface area contributed by atoms with E-state index < -0.39 is 20.7 Å². The first-order valence-electron chi connectivity index (χ1n) is 21.4. The quantitative estimate of drug-likeness (QED) is 0.188. The zero-order valence-electron chi connectivity index (χ0n) is 33.2. The summed E-state index contributed by atoms with van der Waals surface area (Å²) < 4.78 is 53.1. The summed E-state index contributed by atoms with van der Waals surface area (Å²) in [5.74, 6) is 3.68. The average Bonchev–Trinajstić information content (AvgIpc) is 3.49. The summed E-state index contributed by atoms with van der Waals surface area (Å²) in [6, 6.07) is 9.09. The normalized spacial score (nSPS) is 38.0. The second-order valence-corrected chi connectivity index (χ2v) is 21.3. The zero-order valence-corrected chi connectivity index (χ0v) is 34.0. The molecule has 0 amide bonds. The Bertz CT molecular complexity index is 1460. The van der Waals surface area contributed by atoms with Crippen LogP contribution < -0.4 is 0 Å². The fourth-order valence-electron chi connectivity index (χ4n) is 12.5. The molecule has 3 unspecified atom stereocenters. The van der Waals surface area contributed by atoms with Crippen LogP contribution in [0.15, 0.2) is 46.9 Å². The number of allylic oxidation sites excluding steroid dienone is 1. The summed E-state index contributed by atoms with van der Waals surface area (Å²) in [5, 5.41) is -0.484. The van der Waals surface area contributed by atoms with E-state index in [-0.39, 0.29) is 12.6 Å². The highest BCUT2D eigenvalue weighted by Gasteiger charge is 2.59. The Morgan fingerprint density at radius 2 is 1.60 bits per heavy atom. The zero-order chi connectivity index (χ0) is 36.6. The number of ether oxygens (including phenoxy) is 4. The molecule has 7 rings (SSSR count). The van der Waals surface area contributed by atoms with E-state index in [1.807, 2.05) is 32.0 Å². The summed E-state index contributed by atoms with van der Waals surface area (Å²) in [6.45, 7) is 13.4. The lowest BCUT2D eigenvalue weighted by atomic mass is 9.47. The minimum Gasteiger partial charge on any atom is -0.353 e. The van der Waals surface area contributed by atoms with Crippen LogP contribution in [-0.4, -0.2) is 51.2 Å². The highest BCUT2D eigenvalue weighted by molar-refractivity contribution is 7.92. The van der Waals surface area contributed by atoms with Gasteiger partial charge in [0.25, 0.3) is 0 Å². The number of rotatable bonds is 13. The van der Waals surface area contributed by atoms with Crippen molar-refractivity contribution in [2.24, 2.45) is 40.4 Å². The molecule has 6 aliphatic rings. The van der Waals surface area contributed by atoms with Gasteiger partial charge in [-0.05, 0) is 169 Å². The SMILES string of the molecule is C[C@H](CCCC(CC(C)(C)OC1CCCCO1)S(=O)(=O)c1ccccc1)[C@H]1CC[C@H]2[C@@H]3CC=C4C[C@@H](OC5CCCCO5)CC[C@]4(C)[C@H]3CC[C@]12C. The molecule has 292 valence electrons. The number of sulfone groups is 1. The third-order valence-electron chi connectivity index (χ3n) is 15.3. The summed E-state index contributed by atoms with van der Waals surface area (Å²) in [4.78, 5) is 0.429. The minimum atomic E-state index is -3.50. The highest BCUT2D eigenvalue weighted by Crippen LogP contribution is 2.67. The van der Waals surface area contributed by atoms with Crippen LogP contribution in [0, 0.1) is 40.4 Å². The minimum absolute atomic E-state index is 0.00852. The van der Waals surface area contributed by atoms with Gasteiger partial charge in [-0.15, -0.1) is 0 Å². The molecule has 4 aliphatic carbocycles. The fraction of sp³-hybridized carbons (Fsp3) is 0.822. The van der Waals surface area contributed by atoms with Gasteiger partial charge in [0.05, 0.1) is 21.9 Å². The van der Waals surface area contributed by atoms with Gasteiger partial charge in [-0.25, -0.2) is 8.42 Å². The predicted octanol–water partition coefficient (Wildman–Crippen LogP) is 10.8. The van der Waals surface area contributed by atoms with Crippen molar-refractivity contribution in [3.05, 3.63) is 42.0 Å². The molecule has 2 saturated heterocycles. The molecule has 0 bridgehead atoms. The summed E-state index contributed by atoms with van der Waals surface area (Å²) in [6.07, 6.45) is 22.5. The lowest BCUT2D eigenvalue weighted by Gasteiger charge is -2.58. The molecule has 1 aromatic rings. The van der Waals surface area contributed by atoms with E-state index in [9.17, 15) is 8.42 Å². The lowest BCUT2D eigenvalue weighted by molar-refractivity contribution is -0.216. The van der Waals surface area contributed by atoms with Crippen molar-refractivity contribution in [1.29, 1.82) is 0 Å². The molecule has 3 saturated carbocycles. The van der Waals surface area contributed by atoms with E-state index in [4.69, 9.17) is 18.9 Å². The topological polar surface area (TPSA) is 71.1 Å². The van der Waals surface area contributed by atoms with Crippen molar-refractivity contribution in [1.82, 2.24) is 0 Å². The van der Waals surface area contributed by atoms with Crippen molar-refractivity contribution in [2.75, 3.05) is 13.2 Å². The summed E-state index contributed by atoms with van der Waals surface area (Å²) >= 11 is 0. The van der Waals surface area contributed by atoms with Crippen molar-refractivity contribution < 1.29 is 27.4 Å². The molecule has 0 radical (unpaired) electrons. The van der Waals surface area contributed by atoms with E-state index >= 15 is 0 Å². The first-order chi connectivity index (χ1) is 24.9. The Labute approximate surface area is 316 Å². The van der Waals surface area contributed by atoms with E-state index in [0.717, 1.165) is 82.3 Å². The van der Waals surface area contributed by atoms with Crippen molar-refractivity contribution in [3.63, 3.8) is 0 Å². The molecular weight excluding hydrogens is 669 g/mol. The molecule has 2 heterocycles. The first-order valence-corrected chi connectivity index (χ1v) is 23.0. The molecule has 6 nitrogen and oxygen atoms in total. The first kappa shape index (κ1) is 39.0. The van der Waals surface area contributed by atoms with Crippen LogP contribution in [0.2, 0.25) is 0 Å². The van der Waals surface area contributed by atoms with Crippen LogP contribution in [0.4, 0.5) is 0 Å². The number of hydrogen-bond donors (Lipinski definition) is 0. The van der Waals surface area contributed by atoms with Gasteiger partial charge in [-0.2, -0.15) is 0 Å². The second-order valence-electron chi connectivity index (χ2n) is 19.1. The third kappa shape index (κ3) is 8.15. The molecule has 52 heavy (non-hydrogen) atoms. The van der Waals surface area contributed by atoms with Crippen LogP contribution in [-0.2, 0) is 28.8 Å². The highest BCUT2D eigenvalue weighted by atomic mass is 32.2. The molecule has 0 spiro atoms. The van der Waals surface area contributed by atoms with Crippen molar-refractivity contribution in [2.45, 2.75) is 185 Å². The van der Waals surface area contributed by atoms with Gasteiger partial charge in [0.2, 0.25) is 0 Å². The van der Waals surface area contributed by atoms with Crippen molar-refractivity contribution >= 4 is 9.84 Å². The number of benzene rings is 1. The maximum Gasteiger partial charge on any atom is 0.181 e. The predicted molar refractivity (Wildman–Crippen MR) is 207 cm³/mol. The van der Waals surface area contributed by atoms with Crippen LogP contribution in [0.5, 0.6) is 0 Å². The van der Waals surface area contributed by atoms with Gasteiger partial charge in [-0.3, -0.25) is 0 Å². The van der Waals surface area contributed by atoms with Crippen molar-refractivity contribution in [3.8, 4) is 0 Å². The largest absolute Gasteiger partial charge is 0.353 e. The van der Waals surface area contributed by atoms with Gasteiger partial charge in [0.1, 0.15) is 0 Å². The number of hydrogen-bond acceptors (Lipinski definition) is 6.